The van der Waals surface area contributed by atoms with Gasteiger partial charge < -0.3 is 9.64 Å². The first-order chi connectivity index (χ1) is 11.6. The van der Waals surface area contributed by atoms with Crippen LogP contribution in [0.25, 0.3) is 0 Å². The molecule has 0 bridgehead atoms. The van der Waals surface area contributed by atoms with Crippen molar-refractivity contribution in [1.29, 1.82) is 0 Å². The summed E-state index contributed by atoms with van der Waals surface area (Å²) in [6.45, 7) is 4.30. The summed E-state index contributed by atoms with van der Waals surface area (Å²) in [6.07, 6.45) is 8.22. The minimum absolute atomic E-state index is 0.161. The summed E-state index contributed by atoms with van der Waals surface area (Å²) in [7, 11) is 0. The van der Waals surface area contributed by atoms with E-state index in [1.807, 2.05) is 12.1 Å². The van der Waals surface area contributed by atoms with Gasteiger partial charge in [0.25, 0.3) is 0 Å². The van der Waals surface area contributed by atoms with Gasteiger partial charge in [-0.2, -0.15) is 0 Å². The van der Waals surface area contributed by atoms with Crippen LogP contribution in [0, 0.1) is 5.82 Å². The third kappa shape index (κ3) is 3.97. The molecule has 2 aliphatic rings. The molecule has 3 nitrogen and oxygen atoms in total. The van der Waals surface area contributed by atoms with E-state index in [1.165, 1.54) is 51.4 Å². The third-order valence-corrected chi connectivity index (χ3v) is 5.83. The Balaban J connectivity index is 1.72. The summed E-state index contributed by atoms with van der Waals surface area (Å²) in [6, 6.07) is 7.40. The highest BCUT2D eigenvalue weighted by Crippen LogP contribution is 2.41. The number of likely N-dealkylation sites (tertiary alicyclic amines) is 1. The molecule has 1 aromatic carbocycles. The number of nitrogens with zero attached hydrogens (tertiary/aromatic N) is 1. The quantitative estimate of drug-likeness (QED) is 0.778. The Hall–Kier alpha value is -1.42. The second-order valence-corrected chi connectivity index (χ2v) is 7.40. The molecular weight excluding hydrogens is 305 g/mol. The molecule has 2 fully saturated rings. The van der Waals surface area contributed by atoms with E-state index in [0.717, 1.165) is 31.2 Å². The topological polar surface area (TPSA) is 29.5 Å². The maximum Gasteiger partial charge on any atom is 0.302 e. The lowest BCUT2D eigenvalue weighted by Crippen LogP contribution is -2.46. The molecule has 1 aliphatic carbocycles. The fraction of sp³-hybridized carbons (Fsp3) is 0.650. The van der Waals surface area contributed by atoms with E-state index >= 15 is 0 Å². The lowest BCUT2D eigenvalue weighted by molar-refractivity contribution is -0.143. The van der Waals surface area contributed by atoms with Gasteiger partial charge in [0.1, 0.15) is 12.4 Å². The first-order valence-corrected chi connectivity index (χ1v) is 9.23. The highest BCUT2D eigenvalue weighted by Gasteiger charge is 2.39. The summed E-state index contributed by atoms with van der Waals surface area (Å²) in [4.78, 5) is 14.0. The molecule has 0 aromatic heterocycles. The molecule has 0 spiro atoms. The van der Waals surface area contributed by atoms with Crippen LogP contribution in [0.15, 0.2) is 24.3 Å². The average molecular weight is 333 g/mol. The van der Waals surface area contributed by atoms with Crippen molar-refractivity contribution in [3.05, 3.63) is 35.6 Å². The zero-order valence-corrected chi connectivity index (χ0v) is 14.6. The Morgan fingerprint density at radius 2 is 1.79 bits per heavy atom. The fourth-order valence-electron chi connectivity index (χ4n) is 4.36. The minimum Gasteiger partial charge on any atom is -0.465 e. The summed E-state index contributed by atoms with van der Waals surface area (Å²) < 4.78 is 18.7. The van der Waals surface area contributed by atoms with Gasteiger partial charge in [-0.15, -0.1) is 0 Å². The number of carbonyl (C=O) groups is 1. The number of rotatable bonds is 4. The Labute approximate surface area is 144 Å². The molecule has 0 unspecified atom stereocenters. The van der Waals surface area contributed by atoms with Gasteiger partial charge in [0.2, 0.25) is 0 Å². The molecular formula is C20H28FNO2. The summed E-state index contributed by atoms with van der Waals surface area (Å²) in [5, 5.41) is 0. The number of piperidine rings is 1. The Kier molecular flexibility index (Phi) is 5.54. The second kappa shape index (κ2) is 7.64. The van der Waals surface area contributed by atoms with Gasteiger partial charge >= 0.3 is 5.97 Å². The van der Waals surface area contributed by atoms with Gasteiger partial charge in [-0.1, -0.05) is 18.6 Å². The van der Waals surface area contributed by atoms with Crippen LogP contribution < -0.4 is 0 Å². The van der Waals surface area contributed by atoms with Gasteiger partial charge in [0.15, 0.2) is 0 Å². The van der Waals surface area contributed by atoms with Crippen LogP contribution in [-0.4, -0.2) is 36.6 Å². The maximum atomic E-state index is 13.3. The molecule has 132 valence electrons. The fourth-order valence-corrected chi connectivity index (χ4v) is 4.36. The number of hydrogen-bond acceptors (Lipinski definition) is 3. The van der Waals surface area contributed by atoms with Crippen LogP contribution >= 0.6 is 0 Å². The Morgan fingerprint density at radius 1 is 1.17 bits per heavy atom. The number of benzene rings is 1. The van der Waals surface area contributed by atoms with Crippen LogP contribution in [0.5, 0.6) is 0 Å². The Bertz CT molecular complexity index is 543. The Morgan fingerprint density at radius 3 is 2.38 bits per heavy atom. The monoisotopic (exact) mass is 333 g/mol. The molecule has 1 aliphatic heterocycles. The summed E-state index contributed by atoms with van der Waals surface area (Å²) in [5.41, 5.74) is 0.938. The normalized spacial score (nSPS) is 28.5. The molecule has 0 atom stereocenters. The zero-order valence-electron chi connectivity index (χ0n) is 14.6. The molecule has 1 aromatic rings. The smallest absolute Gasteiger partial charge is 0.302 e. The average Bonchev–Trinajstić information content (AvgIpc) is 2.62. The summed E-state index contributed by atoms with van der Waals surface area (Å²) >= 11 is 0. The number of halogens is 1. The molecule has 1 saturated heterocycles. The minimum atomic E-state index is -0.241. The predicted octanol–water partition coefficient (Wildman–Crippen LogP) is 4.06. The second-order valence-electron chi connectivity index (χ2n) is 7.40. The van der Waals surface area contributed by atoms with Crippen molar-refractivity contribution in [3.63, 3.8) is 0 Å². The van der Waals surface area contributed by atoms with Crippen molar-refractivity contribution in [2.24, 2.45) is 0 Å². The lowest BCUT2D eigenvalue weighted by Gasteiger charge is -2.44. The van der Waals surface area contributed by atoms with Crippen LogP contribution in [0.3, 0.4) is 0 Å². The van der Waals surface area contributed by atoms with Gasteiger partial charge in [0, 0.05) is 18.4 Å². The number of ether oxygens (including phenoxy) is 1. The predicted molar refractivity (Wildman–Crippen MR) is 92.4 cm³/mol. The van der Waals surface area contributed by atoms with E-state index in [0.29, 0.717) is 12.6 Å². The third-order valence-electron chi connectivity index (χ3n) is 5.83. The standard InChI is InChI=1S/C20H28FNO2/c1-16(23)24-15-20(17-5-7-18(21)8-6-17)11-9-19(10-12-20)22-13-3-2-4-14-22/h5-8,19H,2-4,9-15H2,1H3/t19-,20-. The van der Waals surface area contributed by atoms with Crippen molar-refractivity contribution in [1.82, 2.24) is 4.90 Å². The largest absolute Gasteiger partial charge is 0.465 e. The van der Waals surface area contributed by atoms with E-state index in [9.17, 15) is 9.18 Å². The highest BCUT2D eigenvalue weighted by atomic mass is 19.1. The van der Waals surface area contributed by atoms with Gasteiger partial charge in [-0.25, -0.2) is 4.39 Å². The van der Waals surface area contributed by atoms with Crippen LogP contribution in [0.1, 0.15) is 57.4 Å². The van der Waals surface area contributed by atoms with Crippen molar-refractivity contribution >= 4 is 5.97 Å². The first kappa shape index (κ1) is 17.4. The van der Waals surface area contributed by atoms with Crippen LogP contribution in [0.2, 0.25) is 0 Å². The van der Waals surface area contributed by atoms with E-state index in [2.05, 4.69) is 4.90 Å². The summed E-state index contributed by atoms with van der Waals surface area (Å²) in [5.74, 6) is -0.460. The maximum absolute atomic E-state index is 13.3. The molecule has 0 amide bonds. The van der Waals surface area contributed by atoms with Crippen molar-refractivity contribution in [2.45, 2.75) is 63.3 Å². The molecule has 3 rings (SSSR count). The lowest BCUT2D eigenvalue weighted by atomic mass is 9.68. The van der Waals surface area contributed by atoms with Gasteiger partial charge in [-0.05, 0) is 69.3 Å². The van der Waals surface area contributed by atoms with Crippen molar-refractivity contribution < 1.29 is 13.9 Å². The molecule has 1 saturated carbocycles. The number of hydrogen-bond donors (Lipinski definition) is 0. The van der Waals surface area contributed by atoms with Crippen LogP contribution in [0.4, 0.5) is 4.39 Å². The first-order valence-electron chi connectivity index (χ1n) is 9.23. The van der Waals surface area contributed by atoms with E-state index < -0.39 is 0 Å². The molecule has 0 N–H and O–H groups in total. The molecule has 4 heteroatoms. The van der Waals surface area contributed by atoms with E-state index in [4.69, 9.17) is 4.74 Å². The van der Waals surface area contributed by atoms with Crippen molar-refractivity contribution in [2.75, 3.05) is 19.7 Å². The SMILES string of the molecule is CC(=O)OC[C@]1(c2ccc(F)cc2)CC[C@H](N2CCCCC2)CC1. The number of carbonyl (C=O) groups excluding carboxylic acids is 1. The van der Waals surface area contributed by atoms with E-state index in [-0.39, 0.29) is 17.2 Å². The molecule has 24 heavy (non-hydrogen) atoms. The highest BCUT2D eigenvalue weighted by molar-refractivity contribution is 5.66. The van der Waals surface area contributed by atoms with E-state index in [1.54, 1.807) is 0 Å². The van der Waals surface area contributed by atoms with Gasteiger partial charge in [0.05, 0.1) is 0 Å². The van der Waals surface area contributed by atoms with Crippen molar-refractivity contribution in [3.8, 4) is 0 Å². The van der Waals surface area contributed by atoms with Crippen LogP contribution in [-0.2, 0) is 14.9 Å². The number of esters is 1. The zero-order chi connectivity index (χ0) is 17.0. The van der Waals surface area contributed by atoms with Gasteiger partial charge in [-0.3, -0.25) is 4.79 Å². The molecule has 1 heterocycles. The molecule has 0 radical (unpaired) electrons.